The Kier molecular flexibility index (Phi) is 8.32. The molecule has 0 heterocycles. The summed E-state index contributed by atoms with van der Waals surface area (Å²) in [5, 5.41) is 4.90. The van der Waals surface area contributed by atoms with Crippen molar-refractivity contribution in [2.24, 2.45) is 0 Å². The van der Waals surface area contributed by atoms with Crippen LogP contribution in [0.2, 0.25) is 0 Å². The lowest BCUT2D eigenvalue weighted by atomic mass is 9.98. The zero-order valence-electron chi connectivity index (χ0n) is 20.9. The minimum absolute atomic E-state index is 0.103. The van der Waals surface area contributed by atoms with Gasteiger partial charge in [0, 0.05) is 6.54 Å². The molecule has 5 heteroatoms. The Balaban J connectivity index is 1.77. The van der Waals surface area contributed by atoms with Crippen molar-refractivity contribution >= 4 is 22.8 Å². The van der Waals surface area contributed by atoms with E-state index in [1.54, 1.807) is 20.8 Å². The first-order chi connectivity index (χ1) is 16.1. The number of nitrogens with one attached hydrogen (secondary N) is 1. The second-order valence-corrected chi connectivity index (χ2v) is 9.78. The molecule has 0 unspecified atom stereocenters. The molecule has 180 valence electrons. The first-order valence-electron chi connectivity index (χ1n) is 11.9. The van der Waals surface area contributed by atoms with Gasteiger partial charge in [0.15, 0.2) is 0 Å². The van der Waals surface area contributed by atoms with Crippen molar-refractivity contribution in [3.8, 4) is 0 Å². The highest BCUT2D eigenvalue weighted by Crippen LogP contribution is 2.28. The van der Waals surface area contributed by atoms with E-state index in [0.29, 0.717) is 6.54 Å². The van der Waals surface area contributed by atoms with Crippen LogP contribution in [0, 0.1) is 6.92 Å². The van der Waals surface area contributed by atoms with E-state index < -0.39 is 11.7 Å². The van der Waals surface area contributed by atoms with Crippen LogP contribution < -0.4 is 5.32 Å². The Morgan fingerprint density at radius 3 is 2.44 bits per heavy atom. The van der Waals surface area contributed by atoms with Gasteiger partial charge in [-0.15, -0.1) is 0 Å². The van der Waals surface area contributed by atoms with E-state index >= 15 is 0 Å². The summed E-state index contributed by atoms with van der Waals surface area (Å²) in [7, 11) is 0. The molecule has 0 saturated carbocycles. The average molecular weight is 461 g/mol. The molecule has 3 aromatic carbocycles. The number of ether oxygens (including phenoxy) is 1. The number of benzene rings is 3. The van der Waals surface area contributed by atoms with Gasteiger partial charge in [0.2, 0.25) is 5.91 Å². The summed E-state index contributed by atoms with van der Waals surface area (Å²) < 4.78 is 5.30. The molecule has 0 aliphatic rings. The molecule has 0 spiro atoms. The van der Waals surface area contributed by atoms with Crippen molar-refractivity contribution in [2.45, 2.75) is 59.1 Å². The van der Waals surface area contributed by atoms with Crippen molar-refractivity contribution in [1.29, 1.82) is 0 Å². The van der Waals surface area contributed by atoms with E-state index in [1.807, 2.05) is 23.1 Å². The molecule has 2 amide bonds. The van der Waals surface area contributed by atoms with Gasteiger partial charge in [0.1, 0.15) is 12.1 Å². The number of carbonyl (C=O) groups is 2. The quantitative estimate of drug-likeness (QED) is 0.436. The molecule has 0 aliphatic carbocycles. The van der Waals surface area contributed by atoms with E-state index in [2.05, 4.69) is 67.7 Å². The Labute approximate surface area is 203 Å². The lowest BCUT2D eigenvalue weighted by Gasteiger charge is -2.31. The van der Waals surface area contributed by atoms with Crippen LogP contribution in [0.25, 0.3) is 10.8 Å². The summed E-state index contributed by atoms with van der Waals surface area (Å²) in [6, 6.07) is 22.7. The van der Waals surface area contributed by atoms with Gasteiger partial charge in [-0.3, -0.25) is 4.79 Å². The van der Waals surface area contributed by atoms with Crippen LogP contribution in [0.4, 0.5) is 4.79 Å². The van der Waals surface area contributed by atoms with E-state index in [0.717, 1.165) is 29.2 Å². The van der Waals surface area contributed by atoms with Gasteiger partial charge in [-0.2, -0.15) is 0 Å². The van der Waals surface area contributed by atoms with Gasteiger partial charge < -0.3 is 15.0 Å². The highest BCUT2D eigenvalue weighted by Gasteiger charge is 2.24. The highest BCUT2D eigenvalue weighted by molar-refractivity contribution is 5.87. The summed E-state index contributed by atoms with van der Waals surface area (Å²) in [5.74, 6) is -0.129. The van der Waals surface area contributed by atoms with Crippen LogP contribution in [0.1, 0.15) is 56.8 Å². The zero-order valence-corrected chi connectivity index (χ0v) is 20.9. The van der Waals surface area contributed by atoms with Crippen molar-refractivity contribution in [1.82, 2.24) is 10.2 Å². The van der Waals surface area contributed by atoms with E-state index in [1.165, 1.54) is 11.1 Å². The van der Waals surface area contributed by atoms with Crippen molar-refractivity contribution < 1.29 is 14.3 Å². The number of hydrogen-bond acceptors (Lipinski definition) is 3. The summed E-state index contributed by atoms with van der Waals surface area (Å²) >= 11 is 0. The maximum atomic E-state index is 13.3. The van der Waals surface area contributed by atoms with Crippen molar-refractivity contribution in [2.75, 3.05) is 13.1 Å². The number of nitrogens with zero attached hydrogens (tertiary/aromatic N) is 1. The highest BCUT2D eigenvalue weighted by atomic mass is 16.6. The third kappa shape index (κ3) is 7.08. The molecule has 5 nitrogen and oxygen atoms in total. The van der Waals surface area contributed by atoms with E-state index in [9.17, 15) is 9.59 Å². The second-order valence-electron chi connectivity index (χ2n) is 9.78. The molecule has 0 bridgehead atoms. The molecule has 0 aliphatic heterocycles. The summed E-state index contributed by atoms with van der Waals surface area (Å²) in [4.78, 5) is 27.3. The molecule has 1 atom stereocenters. The van der Waals surface area contributed by atoms with Gasteiger partial charge in [0.25, 0.3) is 0 Å². The topological polar surface area (TPSA) is 58.6 Å². The van der Waals surface area contributed by atoms with Gasteiger partial charge >= 0.3 is 6.09 Å². The molecule has 0 fully saturated rings. The summed E-state index contributed by atoms with van der Waals surface area (Å²) in [5.41, 5.74) is 2.98. The minimum atomic E-state index is -0.614. The minimum Gasteiger partial charge on any atom is -0.444 e. The normalized spacial score (nSPS) is 12.3. The Bertz CT molecular complexity index is 1130. The van der Waals surface area contributed by atoms with Gasteiger partial charge in [-0.25, -0.2) is 4.79 Å². The number of aryl methyl sites for hydroxylation is 2. The van der Waals surface area contributed by atoms with Gasteiger partial charge in [-0.05, 0) is 69.4 Å². The van der Waals surface area contributed by atoms with Crippen molar-refractivity contribution in [3.63, 3.8) is 0 Å². The molecule has 3 rings (SSSR count). The average Bonchev–Trinajstić information content (AvgIpc) is 2.78. The smallest absolute Gasteiger partial charge is 0.408 e. The fourth-order valence-electron chi connectivity index (χ4n) is 4.20. The Morgan fingerprint density at radius 1 is 1.00 bits per heavy atom. The van der Waals surface area contributed by atoms with Crippen LogP contribution in [-0.4, -0.2) is 35.6 Å². The largest absolute Gasteiger partial charge is 0.444 e. The Hall–Kier alpha value is -3.34. The van der Waals surface area contributed by atoms with E-state index in [-0.39, 0.29) is 18.5 Å². The monoisotopic (exact) mass is 460 g/mol. The first-order valence-corrected chi connectivity index (χ1v) is 11.9. The maximum absolute atomic E-state index is 13.3. The lowest BCUT2D eigenvalue weighted by Crippen LogP contribution is -2.43. The fraction of sp³-hybridized carbons (Fsp3) is 0.379. The molecular formula is C29H36N2O3. The predicted octanol–water partition coefficient (Wildman–Crippen LogP) is 6.20. The number of fused-ring (bicyclic) bond motifs is 1. The van der Waals surface area contributed by atoms with E-state index in [4.69, 9.17) is 4.74 Å². The standard InChI is InChI=1S/C29H36N2O3/c1-21-11-8-12-23(19-21)13-10-18-31(27(32)20-30-28(33)34-29(3,4)5)22(2)25-17-9-15-24-14-6-7-16-26(24)25/h6-9,11-12,14-17,19,22H,10,13,18,20H2,1-5H3,(H,30,33)/t22-/m1/s1. The van der Waals surface area contributed by atoms with Crippen LogP contribution in [0.3, 0.4) is 0 Å². The Morgan fingerprint density at radius 2 is 1.71 bits per heavy atom. The van der Waals surface area contributed by atoms with Gasteiger partial charge in [0.05, 0.1) is 6.04 Å². The SMILES string of the molecule is Cc1cccc(CCCN(C(=O)CNC(=O)OC(C)(C)C)[C@H](C)c2cccc3ccccc23)c1. The number of amides is 2. The van der Waals surface area contributed by atoms with Crippen LogP contribution in [-0.2, 0) is 16.0 Å². The molecule has 0 aromatic heterocycles. The molecule has 3 aromatic rings. The van der Waals surface area contributed by atoms with Crippen molar-refractivity contribution in [3.05, 3.63) is 83.4 Å². The number of rotatable bonds is 8. The maximum Gasteiger partial charge on any atom is 0.408 e. The first kappa shape index (κ1) is 25.3. The lowest BCUT2D eigenvalue weighted by molar-refractivity contribution is -0.132. The summed E-state index contributed by atoms with van der Waals surface area (Å²) in [6.07, 6.45) is 1.13. The molecule has 0 radical (unpaired) electrons. The number of carbonyl (C=O) groups excluding carboxylic acids is 2. The number of alkyl carbamates (subject to hydrolysis) is 1. The fourth-order valence-corrected chi connectivity index (χ4v) is 4.20. The summed E-state index contributed by atoms with van der Waals surface area (Å²) in [6.45, 7) is 10.0. The molecule has 34 heavy (non-hydrogen) atoms. The second kappa shape index (κ2) is 11.2. The third-order valence-electron chi connectivity index (χ3n) is 5.79. The van der Waals surface area contributed by atoms with Gasteiger partial charge in [-0.1, -0.05) is 72.3 Å². The van der Waals surface area contributed by atoms with Crippen LogP contribution in [0.5, 0.6) is 0 Å². The van der Waals surface area contributed by atoms with Crippen LogP contribution >= 0.6 is 0 Å². The third-order valence-corrected chi connectivity index (χ3v) is 5.79. The zero-order chi connectivity index (χ0) is 24.7. The molecule has 1 N–H and O–H groups in total. The van der Waals surface area contributed by atoms with Crippen LogP contribution in [0.15, 0.2) is 66.7 Å². The molecular weight excluding hydrogens is 424 g/mol. The molecule has 0 saturated heterocycles. The number of hydrogen-bond donors (Lipinski definition) is 1. The predicted molar refractivity (Wildman–Crippen MR) is 138 cm³/mol.